The lowest BCUT2D eigenvalue weighted by atomic mass is 10.1. The molecule has 6 nitrogen and oxygen atoms in total. The molecule has 2 aromatic rings. The summed E-state index contributed by atoms with van der Waals surface area (Å²) in [6, 6.07) is 8.93. The Labute approximate surface area is 122 Å². The van der Waals surface area contributed by atoms with Crippen LogP contribution < -0.4 is 16.0 Å². The summed E-state index contributed by atoms with van der Waals surface area (Å²) in [6.07, 6.45) is 0.764. The van der Waals surface area contributed by atoms with E-state index in [-0.39, 0.29) is 17.0 Å². The van der Waals surface area contributed by atoms with Crippen LogP contribution in [0.1, 0.15) is 18.9 Å². The van der Waals surface area contributed by atoms with E-state index < -0.39 is 0 Å². The number of hydrogen-bond acceptors (Lipinski definition) is 4. The van der Waals surface area contributed by atoms with Gasteiger partial charge in [-0.05, 0) is 24.6 Å². The second-order valence-corrected chi connectivity index (χ2v) is 4.59. The van der Waals surface area contributed by atoms with Gasteiger partial charge < -0.3 is 10.5 Å². The largest absolute Gasteiger partial charge is 0.496 e. The van der Waals surface area contributed by atoms with Crippen molar-refractivity contribution in [2.75, 3.05) is 7.11 Å². The molecule has 1 heterocycles. The minimum atomic E-state index is -0.344. The SMILES string of the molecule is CCCn1nc(-c2ccccc2OC)cc(C(=N)N)c1=O. The number of methoxy groups -OCH3 is 1. The first-order valence-corrected chi connectivity index (χ1v) is 6.68. The smallest absolute Gasteiger partial charge is 0.277 e. The van der Waals surface area contributed by atoms with Crippen LogP contribution in [0.4, 0.5) is 0 Å². The molecular weight excluding hydrogens is 268 g/mol. The van der Waals surface area contributed by atoms with Crippen molar-refractivity contribution in [2.45, 2.75) is 19.9 Å². The molecule has 0 aliphatic carbocycles. The predicted octanol–water partition coefficient (Wildman–Crippen LogP) is 1.61. The van der Waals surface area contributed by atoms with Crippen LogP contribution in [0.2, 0.25) is 0 Å². The Balaban J connectivity index is 2.69. The zero-order chi connectivity index (χ0) is 15.4. The number of nitrogens with zero attached hydrogens (tertiary/aromatic N) is 2. The zero-order valence-corrected chi connectivity index (χ0v) is 12.1. The molecule has 0 aliphatic rings. The van der Waals surface area contributed by atoms with E-state index in [4.69, 9.17) is 15.9 Å². The van der Waals surface area contributed by atoms with Crippen LogP contribution in [0.3, 0.4) is 0 Å². The molecular formula is C15H18N4O2. The molecule has 21 heavy (non-hydrogen) atoms. The predicted molar refractivity (Wildman–Crippen MR) is 81.8 cm³/mol. The molecule has 0 aliphatic heterocycles. The molecule has 1 aromatic heterocycles. The van der Waals surface area contributed by atoms with Crippen LogP contribution >= 0.6 is 0 Å². The summed E-state index contributed by atoms with van der Waals surface area (Å²) in [5.74, 6) is 0.393. The van der Waals surface area contributed by atoms with Crippen molar-refractivity contribution < 1.29 is 4.74 Å². The first-order valence-electron chi connectivity index (χ1n) is 6.68. The third-order valence-corrected chi connectivity index (χ3v) is 3.08. The first-order chi connectivity index (χ1) is 10.1. The summed E-state index contributed by atoms with van der Waals surface area (Å²) in [5, 5.41) is 11.9. The Bertz CT molecular complexity index is 722. The van der Waals surface area contributed by atoms with Gasteiger partial charge in [-0.2, -0.15) is 5.10 Å². The maximum atomic E-state index is 12.2. The summed E-state index contributed by atoms with van der Waals surface area (Å²) < 4.78 is 6.66. The maximum Gasteiger partial charge on any atom is 0.277 e. The Kier molecular flexibility index (Phi) is 4.37. The van der Waals surface area contributed by atoms with Crippen LogP contribution in [0.15, 0.2) is 35.1 Å². The molecule has 0 bridgehead atoms. The standard InChI is InChI=1S/C15H18N4O2/c1-3-8-19-15(20)11(14(16)17)9-12(18-19)10-6-4-5-7-13(10)21-2/h4-7,9H,3,8H2,1-2H3,(H3,16,17). The Morgan fingerprint density at radius 1 is 1.43 bits per heavy atom. The molecule has 6 heteroatoms. The Morgan fingerprint density at radius 2 is 2.14 bits per heavy atom. The van der Waals surface area contributed by atoms with E-state index in [1.54, 1.807) is 7.11 Å². The van der Waals surface area contributed by atoms with Crippen molar-refractivity contribution in [3.63, 3.8) is 0 Å². The van der Waals surface area contributed by atoms with E-state index in [1.165, 1.54) is 10.7 Å². The van der Waals surface area contributed by atoms with Crippen LogP contribution in [0.25, 0.3) is 11.3 Å². The molecule has 2 rings (SSSR count). The lowest BCUT2D eigenvalue weighted by Gasteiger charge is -2.11. The molecule has 0 unspecified atom stereocenters. The van der Waals surface area contributed by atoms with Gasteiger partial charge in [0.15, 0.2) is 0 Å². The molecule has 0 spiro atoms. The van der Waals surface area contributed by atoms with Gasteiger partial charge in [0, 0.05) is 12.1 Å². The molecule has 1 aromatic carbocycles. The van der Waals surface area contributed by atoms with Gasteiger partial charge in [0.2, 0.25) is 0 Å². The number of hydrogen-bond donors (Lipinski definition) is 2. The number of aryl methyl sites for hydroxylation is 1. The third kappa shape index (κ3) is 2.94. The van der Waals surface area contributed by atoms with Gasteiger partial charge >= 0.3 is 0 Å². The third-order valence-electron chi connectivity index (χ3n) is 3.08. The second kappa shape index (κ2) is 6.21. The average Bonchev–Trinajstić information content (AvgIpc) is 2.49. The molecule has 0 saturated heterocycles. The van der Waals surface area contributed by atoms with Crippen molar-refractivity contribution in [1.29, 1.82) is 5.41 Å². The van der Waals surface area contributed by atoms with Gasteiger partial charge in [-0.1, -0.05) is 19.1 Å². The van der Waals surface area contributed by atoms with E-state index in [0.717, 1.165) is 12.0 Å². The Hall–Kier alpha value is -2.63. The van der Waals surface area contributed by atoms with Crippen molar-refractivity contribution in [3.8, 4) is 17.0 Å². The average molecular weight is 286 g/mol. The minimum absolute atomic E-state index is 0.152. The quantitative estimate of drug-likeness (QED) is 0.645. The van der Waals surface area contributed by atoms with Crippen LogP contribution in [0, 0.1) is 5.41 Å². The van der Waals surface area contributed by atoms with E-state index in [0.29, 0.717) is 18.0 Å². The number of ether oxygens (including phenoxy) is 1. The van der Waals surface area contributed by atoms with E-state index >= 15 is 0 Å². The number of amidine groups is 1. The fraction of sp³-hybridized carbons (Fsp3) is 0.267. The van der Waals surface area contributed by atoms with Gasteiger partial charge in [-0.25, -0.2) is 4.68 Å². The van der Waals surface area contributed by atoms with Crippen molar-refractivity contribution in [1.82, 2.24) is 9.78 Å². The topological polar surface area (TPSA) is 94.0 Å². The summed E-state index contributed by atoms with van der Waals surface area (Å²) in [7, 11) is 1.58. The maximum absolute atomic E-state index is 12.2. The summed E-state index contributed by atoms with van der Waals surface area (Å²) >= 11 is 0. The van der Waals surface area contributed by atoms with Gasteiger partial charge in [0.1, 0.15) is 11.6 Å². The number of rotatable bonds is 5. The van der Waals surface area contributed by atoms with E-state index in [9.17, 15) is 4.79 Å². The highest BCUT2D eigenvalue weighted by Gasteiger charge is 2.14. The number of nitrogens with two attached hydrogens (primary N) is 1. The highest BCUT2D eigenvalue weighted by atomic mass is 16.5. The van der Waals surface area contributed by atoms with Crippen molar-refractivity contribution in [2.24, 2.45) is 5.73 Å². The molecule has 0 amide bonds. The van der Waals surface area contributed by atoms with Crippen LogP contribution in [-0.4, -0.2) is 22.7 Å². The number of nitrogen functional groups attached to an aromatic ring is 1. The van der Waals surface area contributed by atoms with E-state index in [2.05, 4.69) is 5.10 Å². The van der Waals surface area contributed by atoms with Crippen LogP contribution in [0.5, 0.6) is 5.75 Å². The normalized spacial score (nSPS) is 10.4. The van der Waals surface area contributed by atoms with E-state index in [1.807, 2.05) is 31.2 Å². The molecule has 0 fully saturated rings. The van der Waals surface area contributed by atoms with Gasteiger partial charge in [0.05, 0.1) is 18.4 Å². The monoisotopic (exact) mass is 286 g/mol. The summed E-state index contributed by atoms with van der Waals surface area (Å²) in [5.41, 5.74) is 6.63. The highest BCUT2D eigenvalue weighted by molar-refractivity contribution is 5.95. The lowest BCUT2D eigenvalue weighted by molar-refractivity contribution is 0.416. The van der Waals surface area contributed by atoms with Crippen molar-refractivity contribution in [3.05, 3.63) is 46.2 Å². The molecule has 0 radical (unpaired) electrons. The second-order valence-electron chi connectivity index (χ2n) is 4.59. The van der Waals surface area contributed by atoms with Crippen LogP contribution in [-0.2, 0) is 6.54 Å². The van der Waals surface area contributed by atoms with Gasteiger partial charge in [-0.15, -0.1) is 0 Å². The number of aromatic nitrogens is 2. The fourth-order valence-corrected chi connectivity index (χ4v) is 2.09. The number of benzene rings is 1. The molecule has 0 saturated carbocycles. The Morgan fingerprint density at radius 3 is 2.76 bits per heavy atom. The molecule has 0 atom stereocenters. The number of para-hydroxylation sites is 1. The lowest BCUT2D eigenvalue weighted by Crippen LogP contribution is -2.31. The highest BCUT2D eigenvalue weighted by Crippen LogP contribution is 2.27. The fourth-order valence-electron chi connectivity index (χ4n) is 2.09. The zero-order valence-electron chi connectivity index (χ0n) is 12.1. The molecule has 110 valence electrons. The van der Waals surface area contributed by atoms with Gasteiger partial charge in [-0.3, -0.25) is 10.2 Å². The minimum Gasteiger partial charge on any atom is -0.496 e. The first kappa shape index (κ1) is 14.8. The molecule has 3 N–H and O–H groups in total. The van der Waals surface area contributed by atoms with Gasteiger partial charge in [0.25, 0.3) is 5.56 Å². The number of nitrogens with one attached hydrogen (secondary N) is 1. The summed E-state index contributed by atoms with van der Waals surface area (Å²) in [6.45, 7) is 2.43. The summed E-state index contributed by atoms with van der Waals surface area (Å²) in [4.78, 5) is 12.2. The van der Waals surface area contributed by atoms with Crippen molar-refractivity contribution >= 4 is 5.84 Å².